The van der Waals surface area contributed by atoms with Crippen molar-refractivity contribution in [2.75, 3.05) is 13.7 Å². The smallest absolute Gasteiger partial charge is 0.257 e. The normalized spacial score (nSPS) is 10.5. The monoisotopic (exact) mass is 337 g/mol. The maximum Gasteiger partial charge on any atom is 0.257 e. The van der Waals surface area contributed by atoms with Crippen LogP contribution in [0.5, 0.6) is 5.75 Å². The van der Waals surface area contributed by atoms with Gasteiger partial charge in [-0.25, -0.2) is 0 Å². The molecule has 3 aromatic rings. The molecule has 0 spiro atoms. The average molecular weight is 337 g/mol. The highest BCUT2D eigenvalue weighted by atomic mass is 32.1. The number of hydrogen-bond donors (Lipinski definition) is 0. The lowest BCUT2D eigenvalue weighted by molar-refractivity contribution is 0.0782. The van der Waals surface area contributed by atoms with E-state index in [1.54, 1.807) is 28.4 Å². The van der Waals surface area contributed by atoms with E-state index in [0.29, 0.717) is 24.5 Å². The Balaban J connectivity index is 1.81. The number of hydrogen-bond acceptors (Lipinski definition) is 3. The van der Waals surface area contributed by atoms with Gasteiger partial charge in [-0.2, -0.15) is 0 Å². The minimum atomic E-state index is -0.0510. The van der Waals surface area contributed by atoms with E-state index in [0.717, 1.165) is 5.56 Å². The van der Waals surface area contributed by atoms with Crippen LogP contribution in [0.1, 0.15) is 15.9 Å². The zero-order chi connectivity index (χ0) is 16.9. The summed E-state index contributed by atoms with van der Waals surface area (Å²) in [6, 6.07) is 15.6. The molecule has 4 heteroatoms. The van der Waals surface area contributed by atoms with Gasteiger partial charge in [0.1, 0.15) is 12.4 Å². The van der Waals surface area contributed by atoms with Gasteiger partial charge in [0.15, 0.2) is 0 Å². The Morgan fingerprint density at radius 2 is 1.96 bits per heavy atom. The Labute approximate surface area is 145 Å². The minimum Gasteiger partial charge on any atom is -0.489 e. The second kappa shape index (κ2) is 7.32. The molecule has 1 amide bonds. The van der Waals surface area contributed by atoms with Crippen LogP contribution in [0.25, 0.3) is 10.1 Å². The first kappa shape index (κ1) is 16.3. The molecule has 24 heavy (non-hydrogen) atoms. The molecule has 0 unspecified atom stereocenters. The molecule has 0 saturated carbocycles. The van der Waals surface area contributed by atoms with Gasteiger partial charge in [-0.1, -0.05) is 43.0 Å². The summed E-state index contributed by atoms with van der Waals surface area (Å²) in [6.07, 6.45) is 1.67. The van der Waals surface area contributed by atoms with Crippen molar-refractivity contribution in [3.05, 3.63) is 77.7 Å². The Morgan fingerprint density at radius 1 is 1.21 bits per heavy atom. The second-order valence-corrected chi connectivity index (χ2v) is 6.43. The van der Waals surface area contributed by atoms with Gasteiger partial charge in [-0.05, 0) is 34.5 Å². The van der Waals surface area contributed by atoms with E-state index >= 15 is 0 Å². The van der Waals surface area contributed by atoms with Crippen molar-refractivity contribution in [3.8, 4) is 5.75 Å². The Kier molecular flexibility index (Phi) is 4.96. The van der Waals surface area contributed by atoms with Gasteiger partial charge in [0.25, 0.3) is 5.91 Å². The topological polar surface area (TPSA) is 29.5 Å². The minimum absolute atomic E-state index is 0.0510. The summed E-state index contributed by atoms with van der Waals surface area (Å²) < 4.78 is 6.84. The Hall–Kier alpha value is -2.59. The molecule has 0 aliphatic heterocycles. The standard InChI is InChI=1S/C20H19NO2S/c1-3-12-23-18-10-6-4-9-17(18)20(22)21(2)13-15-14-24-19-11-7-5-8-16(15)19/h3-11,14H,1,12-13H2,2H3. The summed E-state index contributed by atoms with van der Waals surface area (Å²) in [5.41, 5.74) is 1.73. The largest absolute Gasteiger partial charge is 0.489 e. The number of carbonyl (C=O) groups is 1. The molecule has 0 atom stereocenters. The molecule has 0 fully saturated rings. The van der Waals surface area contributed by atoms with Crippen molar-refractivity contribution in [3.63, 3.8) is 0 Å². The van der Waals surface area contributed by atoms with Gasteiger partial charge in [-0.15, -0.1) is 11.3 Å². The van der Waals surface area contributed by atoms with E-state index in [1.165, 1.54) is 10.1 Å². The van der Waals surface area contributed by atoms with E-state index in [-0.39, 0.29) is 5.91 Å². The molecule has 0 aliphatic rings. The number of benzene rings is 2. The molecule has 0 aliphatic carbocycles. The molecule has 0 saturated heterocycles. The lowest BCUT2D eigenvalue weighted by atomic mass is 10.1. The third kappa shape index (κ3) is 3.34. The van der Waals surface area contributed by atoms with Gasteiger partial charge in [-0.3, -0.25) is 4.79 Å². The van der Waals surface area contributed by atoms with Crippen molar-refractivity contribution in [1.29, 1.82) is 0 Å². The third-order valence-corrected chi connectivity index (χ3v) is 4.80. The van der Waals surface area contributed by atoms with Crippen molar-refractivity contribution in [2.24, 2.45) is 0 Å². The summed E-state index contributed by atoms with van der Waals surface area (Å²) in [4.78, 5) is 14.5. The molecular weight excluding hydrogens is 318 g/mol. The van der Waals surface area contributed by atoms with Crippen molar-refractivity contribution in [1.82, 2.24) is 4.90 Å². The summed E-state index contributed by atoms with van der Waals surface area (Å²) >= 11 is 1.70. The molecule has 0 N–H and O–H groups in total. The molecular formula is C20H19NO2S. The number of amides is 1. The van der Waals surface area contributed by atoms with Crippen LogP contribution in [0.15, 0.2) is 66.6 Å². The van der Waals surface area contributed by atoms with Crippen LogP contribution in [0.4, 0.5) is 0 Å². The van der Waals surface area contributed by atoms with Crippen LogP contribution in [-0.2, 0) is 6.54 Å². The summed E-state index contributed by atoms with van der Waals surface area (Å²) in [6.45, 7) is 4.59. The zero-order valence-corrected chi connectivity index (χ0v) is 14.4. The maximum absolute atomic E-state index is 12.8. The van der Waals surface area contributed by atoms with Gasteiger partial charge in [0, 0.05) is 18.3 Å². The van der Waals surface area contributed by atoms with Crippen molar-refractivity contribution >= 4 is 27.3 Å². The third-order valence-electron chi connectivity index (χ3n) is 3.79. The molecule has 0 radical (unpaired) electrons. The maximum atomic E-state index is 12.8. The van der Waals surface area contributed by atoms with Crippen molar-refractivity contribution < 1.29 is 9.53 Å². The van der Waals surface area contributed by atoms with E-state index in [4.69, 9.17) is 4.74 Å². The first-order valence-corrected chi connectivity index (χ1v) is 8.62. The SMILES string of the molecule is C=CCOc1ccccc1C(=O)N(C)Cc1csc2ccccc12. The van der Waals surface area contributed by atoms with E-state index < -0.39 is 0 Å². The van der Waals surface area contributed by atoms with Crippen LogP contribution in [0.2, 0.25) is 0 Å². The molecule has 1 heterocycles. The second-order valence-electron chi connectivity index (χ2n) is 5.51. The molecule has 3 rings (SSSR count). The lowest BCUT2D eigenvalue weighted by Crippen LogP contribution is -2.26. The summed E-state index contributed by atoms with van der Waals surface area (Å²) in [5.74, 6) is 0.536. The van der Waals surface area contributed by atoms with Crippen molar-refractivity contribution in [2.45, 2.75) is 6.54 Å². The number of para-hydroxylation sites is 1. The number of thiophene rings is 1. The van der Waals surface area contributed by atoms with E-state index in [2.05, 4.69) is 24.1 Å². The number of fused-ring (bicyclic) bond motifs is 1. The average Bonchev–Trinajstić information content (AvgIpc) is 3.02. The fourth-order valence-corrected chi connectivity index (χ4v) is 3.56. The van der Waals surface area contributed by atoms with Crippen LogP contribution >= 0.6 is 11.3 Å². The zero-order valence-electron chi connectivity index (χ0n) is 13.6. The molecule has 1 aromatic heterocycles. The number of rotatable bonds is 6. The first-order chi connectivity index (χ1) is 11.7. The highest BCUT2D eigenvalue weighted by Gasteiger charge is 2.17. The number of ether oxygens (including phenoxy) is 1. The molecule has 0 bridgehead atoms. The van der Waals surface area contributed by atoms with Gasteiger partial charge in [0.05, 0.1) is 5.56 Å². The van der Waals surface area contributed by atoms with Crippen LogP contribution in [0.3, 0.4) is 0 Å². The van der Waals surface area contributed by atoms with Crippen LogP contribution < -0.4 is 4.74 Å². The fraction of sp³-hybridized carbons (Fsp3) is 0.150. The van der Waals surface area contributed by atoms with E-state index in [1.807, 2.05) is 37.4 Å². The highest BCUT2D eigenvalue weighted by Crippen LogP contribution is 2.27. The summed E-state index contributed by atoms with van der Waals surface area (Å²) in [7, 11) is 1.82. The number of nitrogens with zero attached hydrogens (tertiary/aromatic N) is 1. The fourth-order valence-electron chi connectivity index (χ4n) is 2.61. The Bertz CT molecular complexity index is 869. The summed E-state index contributed by atoms with van der Waals surface area (Å²) in [5, 5.41) is 3.33. The molecule has 3 nitrogen and oxygen atoms in total. The van der Waals surface area contributed by atoms with E-state index in [9.17, 15) is 4.79 Å². The first-order valence-electron chi connectivity index (χ1n) is 7.74. The van der Waals surface area contributed by atoms with Crippen LogP contribution in [-0.4, -0.2) is 24.5 Å². The predicted octanol–water partition coefficient (Wildman–Crippen LogP) is 4.74. The number of carbonyl (C=O) groups excluding carboxylic acids is 1. The molecule has 2 aromatic carbocycles. The quantitative estimate of drug-likeness (QED) is 0.608. The van der Waals surface area contributed by atoms with Gasteiger partial charge in [0.2, 0.25) is 0 Å². The van der Waals surface area contributed by atoms with Gasteiger partial charge < -0.3 is 9.64 Å². The van der Waals surface area contributed by atoms with Gasteiger partial charge >= 0.3 is 0 Å². The lowest BCUT2D eigenvalue weighted by Gasteiger charge is -2.19. The predicted molar refractivity (Wildman–Crippen MR) is 99.8 cm³/mol. The molecule has 122 valence electrons. The highest BCUT2D eigenvalue weighted by molar-refractivity contribution is 7.17. The Morgan fingerprint density at radius 3 is 2.79 bits per heavy atom. The van der Waals surface area contributed by atoms with Crippen LogP contribution in [0, 0.1) is 0 Å².